The minimum atomic E-state index is 0. The molecule has 108 valence electrons. The van der Waals surface area contributed by atoms with Crippen LogP contribution in [-0.4, -0.2) is 25.5 Å². The third-order valence-electron chi connectivity index (χ3n) is 3.34. The van der Waals surface area contributed by atoms with E-state index in [1.165, 1.54) is 0 Å². The fourth-order valence-electron chi connectivity index (χ4n) is 2.01. The van der Waals surface area contributed by atoms with Crippen molar-refractivity contribution in [1.82, 2.24) is 10.6 Å². The number of hydrogen-bond donors (Lipinski definition) is 2. The van der Waals surface area contributed by atoms with Crippen molar-refractivity contribution in [1.29, 1.82) is 0 Å². The summed E-state index contributed by atoms with van der Waals surface area (Å²) in [6.45, 7) is 8.88. The van der Waals surface area contributed by atoms with E-state index in [9.17, 15) is 4.79 Å². The van der Waals surface area contributed by atoms with Crippen LogP contribution in [0.1, 0.15) is 39.0 Å². The van der Waals surface area contributed by atoms with Crippen LogP contribution in [0.25, 0.3) is 0 Å². The van der Waals surface area contributed by atoms with Crippen LogP contribution in [0.3, 0.4) is 0 Å². The molecule has 3 nitrogen and oxygen atoms in total. The average molecular weight is 297 g/mol. The summed E-state index contributed by atoms with van der Waals surface area (Å²) in [7, 11) is 0. The molecule has 1 aliphatic heterocycles. The van der Waals surface area contributed by atoms with Crippen molar-refractivity contribution < 1.29 is 4.79 Å². The number of amides is 1. The van der Waals surface area contributed by atoms with E-state index in [1.807, 2.05) is 6.08 Å². The Hall–Kier alpha value is -0.250. The summed E-state index contributed by atoms with van der Waals surface area (Å²) in [6.07, 6.45) is 6.63. The molecule has 5 heteroatoms. The van der Waals surface area contributed by atoms with Gasteiger partial charge in [0.2, 0.25) is 5.91 Å². The monoisotopic (exact) mass is 296 g/mol. The van der Waals surface area contributed by atoms with Crippen LogP contribution < -0.4 is 10.6 Å². The number of unbranched alkanes of at least 4 members (excludes halogenated alkanes) is 1. The van der Waals surface area contributed by atoms with Gasteiger partial charge in [-0.3, -0.25) is 4.79 Å². The molecular weight excluding hydrogens is 271 g/mol. The van der Waals surface area contributed by atoms with Crippen LogP contribution in [0.2, 0.25) is 0 Å². The van der Waals surface area contributed by atoms with Gasteiger partial charge in [0.25, 0.3) is 0 Å². The zero-order valence-electron chi connectivity index (χ0n) is 11.2. The molecular formula is C13H26Cl2N2O. The second-order valence-corrected chi connectivity index (χ2v) is 5.02. The standard InChI is InChI=1S/C13H24N2O.2ClH/c1-3-4-5-6-12(16)15-11-13(2)7-9-14-10-8-13;;/h3,14H,1,4-11H2,2H3,(H,15,16);2*1H. The van der Waals surface area contributed by atoms with Crippen molar-refractivity contribution in [3.63, 3.8) is 0 Å². The topological polar surface area (TPSA) is 41.1 Å². The van der Waals surface area contributed by atoms with Gasteiger partial charge in [0.15, 0.2) is 0 Å². The molecule has 0 radical (unpaired) electrons. The molecule has 2 N–H and O–H groups in total. The van der Waals surface area contributed by atoms with Gasteiger partial charge in [0.1, 0.15) is 0 Å². The zero-order chi connectivity index (χ0) is 11.9. The van der Waals surface area contributed by atoms with E-state index in [-0.39, 0.29) is 30.7 Å². The summed E-state index contributed by atoms with van der Waals surface area (Å²) >= 11 is 0. The van der Waals surface area contributed by atoms with Gasteiger partial charge in [0.05, 0.1) is 0 Å². The summed E-state index contributed by atoms with van der Waals surface area (Å²) in [5.74, 6) is 0.182. The fraction of sp³-hybridized carbons (Fsp3) is 0.769. The van der Waals surface area contributed by atoms with E-state index in [2.05, 4.69) is 24.1 Å². The largest absolute Gasteiger partial charge is 0.356 e. The molecule has 0 spiro atoms. The molecule has 18 heavy (non-hydrogen) atoms. The summed E-state index contributed by atoms with van der Waals surface area (Å²) in [5, 5.41) is 6.40. The Morgan fingerprint density at radius 2 is 2.00 bits per heavy atom. The number of carbonyl (C=O) groups is 1. The van der Waals surface area contributed by atoms with Crippen molar-refractivity contribution in [3.05, 3.63) is 12.7 Å². The molecule has 0 unspecified atom stereocenters. The Balaban J connectivity index is 0. The van der Waals surface area contributed by atoms with Gasteiger partial charge in [-0.2, -0.15) is 0 Å². The summed E-state index contributed by atoms with van der Waals surface area (Å²) in [6, 6.07) is 0. The molecule has 0 aliphatic carbocycles. The highest BCUT2D eigenvalue weighted by atomic mass is 35.5. The molecule has 1 saturated heterocycles. The summed E-state index contributed by atoms with van der Waals surface area (Å²) < 4.78 is 0. The Morgan fingerprint density at radius 3 is 2.56 bits per heavy atom. The molecule has 0 atom stereocenters. The predicted octanol–water partition coefficient (Wildman–Crippen LogP) is 2.69. The average Bonchev–Trinajstić information content (AvgIpc) is 2.28. The van der Waals surface area contributed by atoms with Gasteiger partial charge in [0, 0.05) is 13.0 Å². The smallest absolute Gasteiger partial charge is 0.220 e. The van der Waals surface area contributed by atoms with Gasteiger partial charge in [-0.15, -0.1) is 31.4 Å². The second-order valence-electron chi connectivity index (χ2n) is 5.02. The number of nitrogens with one attached hydrogen (secondary N) is 2. The van der Waals surface area contributed by atoms with E-state index in [0.29, 0.717) is 11.8 Å². The van der Waals surface area contributed by atoms with Gasteiger partial charge >= 0.3 is 0 Å². The maximum Gasteiger partial charge on any atom is 0.220 e. The lowest BCUT2D eigenvalue weighted by Gasteiger charge is -2.34. The Morgan fingerprint density at radius 1 is 1.39 bits per heavy atom. The van der Waals surface area contributed by atoms with Crippen molar-refractivity contribution in [2.45, 2.75) is 39.0 Å². The highest BCUT2D eigenvalue weighted by molar-refractivity contribution is 5.85. The Bertz CT molecular complexity index is 241. The summed E-state index contributed by atoms with van der Waals surface area (Å²) in [5.41, 5.74) is 0.291. The minimum absolute atomic E-state index is 0. The third-order valence-corrected chi connectivity index (χ3v) is 3.34. The van der Waals surface area contributed by atoms with Gasteiger partial charge in [-0.1, -0.05) is 13.0 Å². The first-order chi connectivity index (χ1) is 7.66. The molecule has 1 rings (SSSR count). The third kappa shape index (κ3) is 7.96. The fourth-order valence-corrected chi connectivity index (χ4v) is 2.01. The normalized spacial score (nSPS) is 16.9. The number of carbonyl (C=O) groups excluding carboxylic acids is 1. The van der Waals surface area contributed by atoms with Crippen LogP contribution in [0.4, 0.5) is 0 Å². The lowest BCUT2D eigenvalue weighted by molar-refractivity contribution is -0.121. The SMILES string of the molecule is C=CCCCC(=O)NCC1(C)CCNCC1.Cl.Cl. The molecule has 0 aromatic rings. The van der Waals surface area contributed by atoms with E-state index in [1.54, 1.807) is 0 Å². The van der Waals surface area contributed by atoms with Gasteiger partial charge in [-0.25, -0.2) is 0 Å². The maximum atomic E-state index is 11.5. The molecule has 0 saturated carbocycles. The number of hydrogen-bond acceptors (Lipinski definition) is 2. The second kappa shape index (κ2) is 10.7. The van der Waals surface area contributed by atoms with E-state index >= 15 is 0 Å². The molecule has 1 aliphatic rings. The first-order valence-electron chi connectivity index (χ1n) is 6.25. The molecule has 0 aromatic carbocycles. The van der Waals surface area contributed by atoms with Gasteiger partial charge in [-0.05, 0) is 44.2 Å². The Kier molecular flexibility index (Phi) is 11.9. The number of piperidine rings is 1. The maximum absolute atomic E-state index is 11.5. The number of allylic oxidation sites excluding steroid dienone is 1. The van der Waals surface area contributed by atoms with Crippen LogP contribution in [-0.2, 0) is 4.79 Å². The van der Waals surface area contributed by atoms with E-state index in [0.717, 1.165) is 45.3 Å². The molecule has 1 heterocycles. The first kappa shape index (κ1) is 20.1. The predicted molar refractivity (Wildman–Crippen MR) is 81.8 cm³/mol. The zero-order valence-corrected chi connectivity index (χ0v) is 12.8. The van der Waals surface area contributed by atoms with Crippen molar-refractivity contribution in [3.8, 4) is 0 Å². The van der Waals surface area contributed by atoms with E-state index in [4.69, 9.17) is 0 Å². The van der Waals surface area contributed by atoms with Crippen molar-refractivity contribution >= 4 is 30.7 Å². The molecule has 1 fully saturated rings. The minimum Gasteiger partial charge on any atom is -0.356 e. The van der Waals surface area contributed by atoms with E-state index < -0.39 is 0 Å². The van der Waals surface area contributed by atoms with Crippen LogP contribution in [0, 0.1) is 5.41 Å². The highest BCUT2D eigenvalue weighted by Crippen LogP contribution is 2.26. The lowest BCUT2D eigenvalue weighted by Crippen LogP contribution is -2.42. The van der Waals surface area contributed by atoms with Crippen molar-refractivity contribution in [2.24, 2.45) is 5.41 Å². The lowest BCUT2D eigenvalue weighted by atomic mass is 9.81. The molecule has 1 amide bonds. The van der Waals surface area contributed by atoms with Gasteiger partial charge < -0.3 is 10.6 Å². The summed E-state index contributed by atoms with van der Waals surface area (Å²) in [4.78, 5) is 11.5. The quantitative estimate of drug-likeness (QED) is 0.584. The number of halogens is 2. The number of rotatable bonds is 6. The van der Waals surface area contributed by atoms with Crippen molar-refractivity contribution in [2.75, 3.05) is 19.6 Å². The molecule has 0 bridgehead atoms. The van der Waals surface area contributed by atoms with Crippen LogP contribution >= 0.6 is 24.8 Å². The molecule has 0 aromatic heterocycles. The van der Waals surface area contributed by atoms with Crippen LogP contribution in [0.15, 0.2) is 12.7 Å². The Labute approximate surface area is 123 Å². The van der Waals surface area contributed by atoms with Crippen LogP contribution in [0.5, 0.6) is 0 Å². The highest BCUT2D eigenvalue weighted by Gasteiger charge is 2.26. The first-order valence-corrected chi connectivity index (χ1v) is 6.25.